The van der Waals surface area contributed by atoms with E-state index in [0.29, 0.717) is 16.8 Å². The third-order valence-corrected chi connectivity index (χ3v) is 6.34. The van der Waals surface area contributed by atoms with Crippen LogP contribution in [0.5, 0.6) is 0 Å². The lowest BCUT2D eigenvalue weighted by atomic mass is 10.1. The molecular weight excluding hydrogens is 356 g/mol. The maximum absolute atomic E-state index is 12.8. The normalized spacial score (nSPS) is 19.7. The van der Waals surface area contributed by atoms with E-state index < -0.39 is 22.0 Å². The molecule has 1 saturated heterocycles. The highest BCUT2D eigenvalue weighted by atomic mass is 32.2. The topological polar surface area (TPSA) is 92.8 Å². The molecule has 0 bridgehead atoms. The van der Waals surface area contributed by atoms with Gasteiger partial charge in [-0.1, -0.05) is 24.3 Å². The first kappa shape index (κ1) is 16.6. The number of anilines is 1. The molecule has 2 aliphatic heterocycles. The van der Waals surface area contributed by atoms with E-state index in [1.54, 1.807) is 36.4 Å². The van der Waals surface area contributed by atoms with Crippen LogP contribution in [0.15, 0.2) is 52.3 Å². The molecular formula is C18H16N2O5S. The van der Waals surface area contributed by atoms with Gasteiger partial charge in [-0.25, -0.2) is 13.2 Å². The number of ether oxygens (including phenoxy) is 1. The van der Waals surface area contributed by atoms with Crippen LogP contribution in [0.4, 0.5) is 10.5 Å². The van der Waals surface area contributed by atoms with Crippen LogP contribution in [0.25, 0.3) is 11.1 Å². The molecule has 1 N–H and O–H groups in total. The number of amides is 2. The Hall–Kier alpha value is -2.87. The number of carbonyl (C=O) groups is 2. The SMILES string of the molecule is CC(=O)NC[C@H]1CN(c2ccc3c(c2)S(=O)(=O)c2ccccc2-3)C(=O)O1. The Morgan fingerprint density at radius 2 is 1.92 bits per heavy atom. The van der Waals surface area contributed by atoms with Gasteiger partial charge in [0.25, 0.3) is 0 Å². The summed E-state index contributed by atoms with van der Waals surface area (Å²) in [5.74, 6) is -0.208. The largest absolute Gasteiger partial charge is 0.442 e. The predicted octanol–water partition coefficient (Wildman–Crippen LogP) is 1.96. The van der Waals surface area contributed by atoms with Gasteiger partial charge in [0, 0.05) is 23.7 Å². The number of carbonyl (C=O) groups excluding carboxylic acids is 2. The standard InChI is InChI=1S/C18H16N2O5S/c1-11(21)19-9-13-10-20(18(22)25-13)12-6-7-15-14-4-2-3-5-16(14)26(23,24)17(15)8-12/h2-8,13H,9-10H2,1H3,(H,19,21)/t13-/m0/s1. The van der Waals surface area contributed by atoms with Gasteiger partial charge in [0.1, 0.15) is 6.10 Å². The Bertz CT molecular complexity index is 1030. The molecule has 2 aliphatic rings. The summed E-state index contributed by atoms with van der Waals surface area (Å²) >= 11 is 0. The van der Waals surface area contributed by atoms with Crippen LogP contribution in [0.1, 0.15) is 6.92 Å². The Labute approximate surface area is 150 Å². The Morgan fingerprint density at radius 1 is 1.19 bits per heavy atom. The number of benzene rings is 2. The van der Waals surface area contributed by atoms with Gasteiger partial charge in [-0.15, -0.1) is 0 Å². The summed E-state index contributed by atoms with van der Waals surface area (Å²) in [5.41, 5.74) is 1.75. The molecule has 26 heavy (non-hydrogen) atoms. The molecule has 2 heterocycles. The number of rotatable bonds is 3. The molecule has 7 nitrogen and oxygen atoms in total. The fourth-order valence-electron chi connectivity index (χ4n) is 3.26. The van der Waals surface area contributed by atoms with Gasteiger partial charge in [0.15, 0.2) is 0 Å². The molecule has 8 heteroatoms. The summed E-state index contributed by atoms with van der Waals surface area (Å²) in [7, 11) is -3.61. The Kier molecular flexibility index (Phi) is 3.73. The molecule has 0 radical (unpaired) electrons. The molecule has 134 valence electrons. The second kappa shape index (κ2) is 5.84. The quantitative estimate of drug-likeness (QED) is 0.759. The average Bonchev–Trinajstić information content (AvgIpc) is 3.09. The minimum atomic E-state index is -3.61. The molecule has 0 spiro atoms. The maximum Gasteiger partial charge on any atom is 0.414 e. The lowest BCUT2D eigenvalue weighted by Gasteiger charge is -2.14. The second-order valence-corrected chi connectivity index (χ2v) is 8.12. The van der Waals surface area contributed by atoms with Crippen molar-refractivity contribution in [2.75, 3.05) is 18.0 Å². The van der Waals surface area contributed by atoms with Gasteiger partial charge >= 0.3 is 6.09 Å². The first-order chi connectivity index (χ1) is 12.4. The summed E-state index contributed by atoms with van der Waals surface area (Å²) in [4.78, 5) is 25.0. The van der Waals surface area contributed by atoms with E-state index in [4.69, 9.17) is 4.74 Å². The maximum atomic E-state index is 12.8. The molecule has 0 aliphatic carbocycles. The van der Waals surface area contributed by atoms with Crippen molar-refractivity contribution >= 4 is 27.5 Å². The minimum absolute atomic E-state index is 0.189. The molecule has 0 saturated carbocycles. The fraction of sp³-hybridized carbons (Fsp3) is 0.222. The van der Waals surface area contributed by atoms with Crippen molar-refractivity contribution in [1.29, 1.82) is 0 Å². The molecule has 0 unspecified atom stereocenters. The molecule has 1 atom stereocenters. The predicted molar refractivity (Wildman–Crippen MR) is 93.6 cm³/mol. The number of hydrogen-bond donors (Lipinski definition) is 1. The summed E-state index contributed by atoms with van der Waals surface area (Å²) in [5, 5.41) is 2.61. The number of cyclic esters (lactones) is 1. The van der Waals surface area contributed by atoms with Crippen LogP contribution in [-0.4, -0.2) is 39.6 Å². The van der Waals surface area contributed by atoms with Crippen LogP contribution in [-0.2, 0) is 19.4 Å². The van der Waals surface area contributed by atoms with Crippen molar-refractivity contribution in [3.05, 3.63) is 42.5 Å². The van der Waals surface area contributed by atoms with E-state index in [1.807, 2.05) is 0 Å². The van der Waals surface area contributed by atoms with Crippen LogP contribution >= 0.6 is 0 Å². The van der Waals surface area contributed by atoms with E-state index in [-0.39, 0.29) is 28.8 Å². The number of nitrogens with one attached hydrogen (secondary N) is 1. The van der Waals surface area contributed by atoms with E-state index in [0.717, 1.165) is 0 Å². The zero-order chi connectivity index (χ0) is 18.5. The highest BCUT2D eigenvalue weighted by Crippen LogP contribution is 2.44. The molecule has 2 amide bonds. The van der Waals surface area contributed by atoms with Crippen molar-refractivity contribution in [3.8, 4) is 11.1 Å². The third-order valence-electron chi connectivity index (χ3n) is 4.49. The number of hydrogen-bond acceptors (Lipinski definition) is 5. The van der Waals surface area contributed by atoms with Gasteiger partial charge < -0.3 is 10.1 Å². The summed E-state index contributed by atoms with van der Waals surface area (Å²) in [6.07, 6.45) is -1.04. The smallest absolute Gasteiger partial charge is 0.414 e. The zero-order valence-electron chi connectivity index (χ0n) is 13.9. The van der Waals surface area contributed by atoms with E-state index in [9.17, 15) is 18.0 Å². The first-order valence-corrected chi connectivity index (χ1v) is 9.57. The lowest BCUT2D eigenvalue weighted by molar-refractivity contribution is -0.119. The van der Waals surface area contributed by atoms with Crippen LogP contribution in [0, 0.1) is 0 Å². The molecule has 1 fully saturated rings. The number of nitrogens with zero attached hydrogens (tertiary/aromatic N) is 1. The lowest BCUT2D eigenvalue weighted by Crippen LogP contribution is -2.33. The van der Waals surface area contributed by atoms with Crippen molar-refractivity contribution in [2.45, 2.75) is 22.8 Å². The van der Waals surface area contributed by atoms with E-state index in [2.05, 4.69) is 5.32 Å². The van der Waals surface area contributed by atoms with Crippen molar-refractivity contribution in [2.24, 2.45) is 0 Å². The Balaban J connectivity index is 1.66. The Morgan fingerprint density at radius 3 is 2.69 bits per heavy atom. The van der Waals surface area contributed by atoms with Crippen LogP contribution < -0.4 is 10.2 Å². The van der Waals surface area contributed by atoms with Gasteiger partial charge in [0.05, 0.1) is 22.9 Å². The van der Waals surface area contributed by atoms with Crippen molar-refractivity contribution in [1.82, 2.24) is 5.32 Å². The molecule has 0 aromatic heterocycles. The third kappa shape index (κ3) is 2.53. The average molecular weight is 372 g/mol. The highest BCUT2D eigenvalue weighted by Gasteiger charge is 2.36. The van der Waals surface area contributed by atoms with Gasteiger partial charge in [-0.05, 0) is 18.2 Å². The molecule has 2 aromatic rings. The van der Waals surface area contributed by atoms with Crippen LogP contribution in [0.2, 0.25) is 0 Å². The van der Waals surface area contributed by atoms with Gasteiger partial charge in [-0.3, -0.25) is 9.69 Å². The fourth-order valence-corrected chi connectivity index (χ4v) is 4.97. The minimum Gasteiger partial charge on any atom is -0.442 e. The highest BCUT2D eigenvalue weighted by molar-refractivity contribution is 7.92. The zero-order valence-corrected chi connectivity index (χ0v) is 14.7. The van der Waals surface area contributed by atoms with Gasteiger partial charge in [-0.2, -0.15) is 0 Å². The number of fused-ring (bicyclic) bond motifs is 3. The monoisotopic (exact) mass is 372 g/mol. The molecule has 4 rings (SSSR count). The van der Waals surface area contributed by atoms with Crippen molar-refractivity contribution < 1.29 is 22.7 Å². The van der Waals surface area contributed by atoms with Crippen LogP contribution in [0.3, 0.4) is 0 Å². The van der Waals surface area contributed by atoms with Gasteiger partial charge in [0.2, 0.25) is 15.7 Å². The summed E-state index contributed by atoms with van der Waals surface area (Å²) in [6.45, 7) is 1.84. The summed E-state index contributed by atoms with van der Waals surface area (Å²) in [6, 6.07) is 11.8. The second-order valence-electron chi connectivity index (χ2n) is 6.23. The van der Waals surface area contributed by atoms with Crippen molar-refractivity contribution in [3.63, 3.8) is 0 Å². The number of sulfone groups is 1. The molecule has 2 aromatic carbocycles. The van der Waals surface area contributed by atoms with E-state index >= 15 is 0 Å². The van der Waals surface area contributed by atoms with E-state index in [1.165, 1.54) is 17.9 Å². The first-order valence-electron chi connectivity index (χ1n) is 8.09. The summed E-state index contributed by atoms with van der Waals surface area (Å²) < 4.78 is 30.8.